The highest BCUT2D eigenvalue weighted by Gasteiger charge is 2.22. The number of aliphatic hydroxyl groups is 1. The lowest BCUT2D eigenvalue weighted by Gasteiger charge is -2.12. The van der Waals surface area contributed by atoms with Crippen LogP contribution in [0.4, 0.5) is 9.18 Å². The molecule has 0 spiro atoms. The Labute approximate surface area is 116 Å². The summed E-state index contributed by atoms with van der Waals surface area (Å²) in [6, 6.07) is 5.16. The molecule has 2 aromatic rings. The molecule has 7 nitrogen and oxygen atoms in total. The highest BCUT2D eigenvalue weighted by atomic mass is 19.1. The zero-order valence-corrected chi connectivity index (χ0v) is 10.3. The average Bonchev–Trinajstić information content (AvgIpc) is 2.42. The van der Waals surface area contributed by atoms with E-state index in [1.807, 2.05) is 0 Å². The number of hydrogen-bond acceptors (Lipinski definition) is 6. The Bertz CT molecular complexity index is 720. The largest absolute Gasteiger partial charge is 0.513 e. The lowest BCUT2D eigenvalue weighted by Crippen LogP contribution is -2.11. The second-order valence-corrected chi connectivity index (χ2v) is 3.96. The van der Waals surface area contributed by atoms with E-state index in [4.69, 9.17) is 9.52 Å². The summed E-state index contributed by atoms with van der Waals surface area (Å²) in [7, 11) is 0. The second kappa shape index (κ2) is 5.63. The van der Waals surface area contributed by atoms with Crippen molar-refractivity contribution < 1.29 is 33.7 Å². The minimum atomic E-state index is -1.73. The number of ether oxygens (including phenoxy) is 1. The smallest absolute Gasteiger partial charge is 0.502 e. The van der Waals surface area contributed by atoms with E-state index in [1.54, 1.807) is 0 Å². The zero-order chi connectivity index (χ0) is 15.6. The zero-order valence-electron chi connectivity index (χ0n) is 10.3. The average molecular weight is 296 g/mol. The van der Waals surface area contributed by atoms with Crippen LogP contribution in [0, 0.1) is 5.82 Å². The third-order valence-corrected chi connectivity index (χ3v) is 2.55. The number of aliphatic hydroxyl groups excluding tert-OH is 1. The van der Waals surface area contributed by atoms with E-state index in [-0.39, 0.29) is 5.56 Å². The Morgan fingerprint density at radius 2 is 1.90 bits per heavy atom. The molecule has 1 heterocycles. The minimum absolute atomic E-state index is 0.127. The summed E-state index contributed by atoms with van der Waals surface area (Å²) in [5.74, 6) is -2.75. The molecular formula is C13H9FO7. The van der Waals surface area contributed by atoms with Gasteiger partial charge in [-0.25, -0.2) is 9.18 Å². The normalized spacial score (nSPS) is 11.9. The van der Waals surface area contributed by atoms with Crippen molar-refractivity contribution in [1.29, 1.82) is 0 Å². The first-order valence-corrected chi connectivity index (χ1v) is 5.60. The predicted molar refractivity (Wildman–Crippen MR) is 65.8 cm³/mol. The topological polar surface area (TPSA) is 117 Å². The fraction of sp³-hybridized carbons (Fsp3) is 0.0769. The number of benzene rings is 1. The molecule has 0 fully saturated rings. The van der Waals surface area contributed by atoms with Crippen molar-refractivity contribution in [3.8, 4) is 11.7 Å². The van der Waals surface area contributed by atoms with Gasteiger partial charge in [-0.05, 0) is 17.7 Å². The van der Waals surface area contributed by atoms with E-state index in [2.05, 4.69) is 4.74 Å². The third-order valence-electron chi connectivity index (χ3n) is 2.55. The molecule has 2 rings (SSSR count). The molecule has 0 aliphatic carbocycles. The van der Waals surface area contributed by atoms with E-state index in [0.717, 1.165) is 12.1 Å². The van der Waals surface area contributed by atoms with Crippen LogP contribution in [0.2, 0.25) is 0 Å². The standard InChI is InChI=1S/C13H9FO7/c14-7-3-1-6(2-4-7)10(16)12-11(17)8(15)5-9(20-12)21-13(18)19/h1-5,10,16-17H,(H,18,19). The van der Waals surface area contributed by atoms with E-state index in [0.29, 0.717) is 6.07 Å². The number of rotatable bonds is 3. The lowest BCUT2D eigenvalue weighted by atomic mass is 10.1. The molecule has 0 radical (unpaired) electrons. The van der Waals surface area contributed by atoms with Gasteiger partial charge in [-0.2, -0.15) is 0 Å². The van der Waals surface area contributed by atoms with Crippen LogP contribution >= 0.6 is 0 Å². The Balaban J connectivity index is 2.46. The van der Waals surface area contributed by atoms with E-state index >= 15 is 0 Å². The number of carboxylic acid groups (broad SMARTS) is 1. The van der Waals surface area contributed by atoms with E-state index in [1.165, 1.54) is 12.1 Å². The summed E-state index contributed by atoms with van der Waals surface area (Å²) in [5, 5.41) is 28.1. The van der Waals surface area contributed by atoms with Gasteiger partial charge in [0.25, 0.3) is 5.95 Å². The minimum Gasteiger partial charge on any atom is -0.502 e. The fourth-order valence-electron chi connectivity index (χ4n) is 1.60. The molecule has 0 bridgehead atoms. The molecule has 0 saturated heterocycles. The molecule has 0 aliphatic heterocycles. The predicted octanol–water partition coefficient (Wildman–Crippen LogP) is 1.62. The molecule has 110 valence electrons. The van der Waals surface area contributed by atoms with Crippen molar-refractivity contribution in [2.24, 2.45) is 0 Å². The molecule has 1 aromatic carbocycles. The van der Waals surface area contributed by atoms with Gasteiger partial charge in [0.05, 0.1) is 6.07 Å². The van der Waals surface area contributed by atoms with Crippen molar-refractivity contribution >= 4 is 6.16 Å². The fourth-order valence-corrected chi connectivity index (χ4v) is 1.60. The van der Waals surface area contributed by atoms with E-state index < -0.39 is 41.0 Å². The Morgan fingerprint density at radius 1 is 1.29 bits per heavy atom. The molecule has 1 unspecified atom stereocenters. The number of hydrogen-bond donors (Lipinski definition) is 3. The van der Waals surface area contributed by atoms with Gasteiger partial charge < -0.3 is 24.5 Å². The van der Waals surface area contributed by atoms with Gasteiger partial charge in [0.2, 0.25) is 11.2 Å². The first-order chi connectivity index (χ1) is 9.88. The van der Waals surface area contributed by atoms with Crippen molar-refractivity contribution in [1.82, 2.24) is 0 Å². The van der Waals surface area contributed by atoms with Crippen LogP contribution in [0.3, 0.4) is 0 Å². The monoisotopic (exact) mass is 296 g/mol. The van der Waals surface area contributed by atoms with Crippen LogP contribution in [-0.4, -0.2) is 21.5 Å². The van der Waals surface area contributed by atoms with Gasteiger partial charge in [0.15, 0.2) is 5.76 Å². The van der Waals surface area contributed by atoms with Gasteiger partial charge in [0, 0.05) is 0 Å². The molecule has 0 aliphatic rings. The van der Waals surface area contributed by atoms with Crippen molar-refractivity contribution in [3.05, 3.63) is 57.7 Å². The SMILES string of the molecule is O=C(O)Oc1cc(=O)c(O)c(C(O)c2ccc(F)cc2)o1. The highest BCUT2D eigenvalue weighted by molar-refractivity contribution is 5.60. The van der Waals surface area contributed by atoms with Crippen LogP contribution in [0.5, 0.6) is 11.7 Å². The summed E-state index contributed by atoms with van der Waals surface area (Å²) in [6.07, 6.45) is -3.33. The number of carbonyl (C=O) groups is 1. The highest BCUT2D eigenvalue weighted by Crippen LogP contribution is 2.29. The second-order valence-electron chi connectivity index (χ2n) is 3.96. The first-order valence-electron chi connectivity index (χ1n) is 5.60. The summed E-state index contributed by atoms with van der Waals surface area (Å²) in [6.45, 7) is 0. The quantitative estimate of drug-likeness (QED) is 0.737. The Kier molecular flexibility index (Phi) is 3.90. The maximum Gasteiger partial charge on any atom is 0.513 e. The molecule has 1 aromatic heterocycles. The molecule has 0 saturated carbocycles. The maximum atomic E-state index is 12.8. The van der Waals surface area contributed by atoms with E-state index in [9.17, 15) is 24.2 Å². The van der Waals surface area contributed by atoms with Crippen LogP contribution in [0.15, 0.2) is 39.5 Å². The van der Waals surface area contributed by atoms with Crippen LogP contribution in [0.1, 0.15) is 17.4 Å². The molecule has 3 N–H and O–H groups in total. The van der Waals surface area contributed by atoms with Crippen LogP contribution < -0.4 is 10.2 Å². The molecular weight excluding hydrogens is 287 g/mol. The van der Waals surface area contributed by atoms with Crippen LogP contribution in [-0.2, 0) is 0 Å². The summed E-state index contributed by atoms with van der Waals surface area (Å²) >= 11 is 0. The Morgan fingerprint density at radius 3 is 2.48 bits per heavy atom. The van der Waals surface area contributed by atoms with Gasteiger partial charge in [-0.3, -0.25) is 4.79 Å². The summed E-state index contributed by atoms with van der Waals surface area (Å²) < 4.78 is 21.8. The maximum absolute atomic E-state index is 12.8. The van der Waals surface area contributed by atoms with Gasteiger partial charge in [-0.1, -0.05) is 12.1 Å². The van der Waals surface area contributed by atoms with Gasteiger partial charge >= 0.3 is 6.16 Å². The van der Waals surface area contributed by atoms with Crippen molar-refractivity contribution in [2.45, 2.75) is 6.10 Å². The number of aromatic hydroxyl groups is 1. The van der Waals surface area contributed by atoms with Gasteiger partial charge in [-0.15, -0.1) is 0 Å². The van der Waals surface area contributed by atoms with Crippen molar-refractivity contribution in [3.63, 3.8) is 0 Å². The molecule has 21 heavy (non-hydrogen) atoms. The Hall–Kier alpha value is -2.87. The first kappa shape index (κ1) is 14.5. The summed E-state index contributed by atoms with van der Waals surface area (Å²) in [4.78, 5) is 21.9. The van der Waals surface area contributed by atoms with Gasteiger partial charge in [0.1, 0.15) is 11.9 Å². The van der Waals surface area contributed by atoms with Crippen LogP contribution in [0.25, 0.3) is 0 Å². The summed E-state index contributed by atoms with van der Waals surface area (Å²) in [5.41, 5.74) is -0.865. The number of halogens is 1. The molecule has 0 amide bonds. The molecule has 1 atom stereocenters. The van der Waals surface area contributed by atoms with Crippen molar-refractivity contribution in [2.75, 3.05) is 0 Å². The molecule has 8 heteroatoms. The lowest BCUT2D eigenvalue weighted by molar-refractivity contribution is 0.121. The third kappa shape index (κ3) is 3.18.